The molecule has 0 unspecified atom stereocenters. The Morgan fingerprint density at radius 2 is 1.90 bits per heavy atom. The van der Waals surface area contributed by atoms with Gasteiger partial charge >= 0.3 is 0 Å². The van der Waals surface area contributed by atoms with Crippen LogP contribution in [0.3, 0.4) is 0 Å². The summed E-state index contributed by atoms with van der Waals surface area (Å²) in [4.78, 5) is 27.5. The standard InChI is InChI=1S/C23H23N5O/c1-15-8-9-21-24-16(2)20(28(21)12-15)14-27-11-10-19-18(13-27)23(29)26-22(25-19)17-6-4-3-5-7-17/h3-9,12H,10-11,13-14H2,1-2H3,(H,25,26,29). The van der Waals surface area contributed by atoms with E-state index in [9.17, 15) is 4.79 Å². The van der Waals surface area contributed by atoms with Crippen molar-refractivity contribution >= 4 is 5.65 Å². The van der Waals surface area contributed by atoms with Crippen molar-refractivity contribution in [2.24, 2.45) is 0 Å². The van der Waals surface area contributed by atoms with Gasteiger partial charge in [0.05, 0.1) is 22.6 Å². The second kappa shape index (κ2) is 6.97. The fourth-order valence-electron chi connectivity index (χ4n) is 4.07. The summed E-state index contributed by atoms with van der Waals surface area (Å²) < 4.78 is 2.17. The summed E-state index contributed by atoms with van der Waals surface area (Å²) in [5.74, 6) is 0.649. The van der Waals surface area contributed by atoms with Gasteiger partial charge in [0.15, 0.2) is 0 Å². The number of H-pyrrole nitrogens is 1. The molecule has 6 nitrogen and oxygen atoms in total. The van der Waals surface area contributed by atoms with E-state index in [0.29, 0.717) is 12.4 Å². The monoisotopic (exact) mass is 385 g/mol. The number of aromatic amines is 1. The largest absolute Gasteiger partial charge is 0.306 e. The molecule has 1 N–H and O–H groups in total. The minimum atomic E-state index is -0.0377. The molecule has 1 aromatic carbocycles. The molecular formula is C23H23N5O. The Labute approximate surface area is 168 Å². The van der Waals surface area contributed by atoms with Gasteiger partial charge in [0.2, 0.25) is 0 Å². The third-order valence-corrected chi connectivity index (χ3v) is 5.63. The molecule has 0 spiro atoms. The first-order valence-electron chi connectivity index (χ1n) is 9.92. The van der Waals surface area contributed by atoms with E-state index in [1.807, 2.05) is 30.3 Å². The first-order chi connectivity index (χ1) is 14.1. The van der Waals surface area contributed by atoms with Crippen LogP contribution in [0.2, 0.25) is 0 Å². The van der Waals surface area contributed by atoms with Crippen molar-refractivity contribution < 1.29 is 0 Å². The molecule has 4 heterocycles. The van der Waals surface area contributed by atoms with Gasteiger partial charge in [-0.05, 0) is 25.5 Å². The molecule has 0 bridgehead atoms. The summed E-state index contributed by atoms with van der Waals surface area (Å²) in [5.41, 5.74) is 6.97. The lowest BCUT2D eigenvalue weighted by molar-refractivity contribution is 0.238. The lowest BCUT2D eigenvalue weighted by Crippen LogP contribution is -2.35. The predicted octanol–water partition coefficient (Wildman–Crippen LogP) is 3.26. The maximum atomic E-state index is 12.8. The van der Waals surface area contributed by atoms with E-state index < -0.39 is 0 Å². The SMILES string of the molecule is Cc1ccc2nc(C)c(CN3CCc4nc(-c5ccccc5)[nH]c(=O)c4C3)n2c1. The summed E-state index contributed by atoms with van der Waals surface area (Å²) >= 11 is 0. The summed E-state index contributed by atoms with van der Waals surface area (Å²) in [6.45, 7) is 6.37. The highest BCUT2D eigenvalue weighted by Gasteiger charge is 2.23. The molecule has 3 aromatic heterocycles. The molecule has 146 valence electrons. The van der Waals surface area contributed by atoms with Crippen LogP contribution in [0.1, 0.15) is 28.2 Å². The first-order valence-corrected chi connectivity index (χ1v) is 9.92. The van der Waals surface area contributed by atoms with Crippen molar-refractivity contribution in [3.8, 4) is 11.4 Å². The second-order valence-corrected chi connectivity index (χ2v) is 7.75. The molecule has 0 saturated carbocycles. The van der Waals surface area contributed by atoms with Crippen LogP contribution in [0, 0.1) is 13.8 Å². The number of aromatic nitrogens is 4. The molecule has 6 heteroatoms. The molecule has 5 rings (SSSR count). The molecule has 0 amide bonds. The molecule has 1 aliphatic rings. The van der Waals surface area contributed by atoms with Gasteiger partial charge in [-0.25, -0.2) is 9.97 Å². The third kappa shape index (κ3) is 3.25. The number of rotatable bonds is 3. The van der Waals surface area contributed by atoms with E-state index in [2.05, 4.69) is 51.4 Å². The van der Waals surface area contributed by atoms with Gasteiger partial charge in [-0.1, -0.05) is 36.4 Å². The minimum absolute atomic E-state index is 0.0377. The number of nitrogens with zero attached hydrogens (tertiary/aromatic N) is 4. The van der Waals surface area contributed by atoms with Gasteiger partial charge in [-0.2, -0.15) is 0 Å². The normalized spacial score (nSPS) is 14.3. The summed E-state index contributed by atoms with van der Waals surface area (Å²) in [6, 6.07) is 13.9. The number of benzene rings is 1. The maximum Gasteiger partial charge on any atom is 0.255 e. The average molecular weight is 385 g/mol. The van der Waals surface area contributed by atoms with Crippen molar-refractivity contribution in [1.29, 1.82) is 0 Å². The molecule has 0 fully saturated rings. The van der Waals surface area contributed by atoms with Gasteiger partial charge < -0.3 is 9.38 Å². The molecule has 1 aliphatic heterocycles. The fraction of sp³-hybridized carbons (Fsp3) is 0.261. The smallest absolute Gasteiger partial charge is 0.255 e. The Balaban J connectivity index is 1.44. The van der Waals surface area contributed by atoms with Gasteiger partial charge in [0.1, 0.15) is 11.5 Å². The highest BCUT2D eigenvalue weighted by molar-refractivity contribution is 5.54. The van der Waals surface area contributed by atoms with Gasteiger partial charge in [-0.3, -0.25) is 9.69 Å². The molecule has 29 heavy (non-hydrogen) atoms. The fourth-order valence-corrected chi connectivity index (χ4v) is 4.07. The van der Waals surface area contributed by atoms with E-state index in [4.69, 9.17) is 4.98 Å². The van der Waals surface area contributed by atoms with Crippen LogP contribution >= 0.6 is 0 Å². The van der Waals surface area contributed by atoms with Crippen LogP contribution < -0.4 is 5.56 Å². The Hall–Kier alpha value is -3.25. The summed E-state index contributed by atoms with van der Waals surface area (Å²) in [5, 5.41) is 0. The predicted molar refractivity (Wildman–Crippen MR) is 113 cm³/mol. The number of aryl methyl sites for hydroxylation is 2. The maximum absolute atomic E-state index is 12.8. The molecule has 0 saturated heterocycles. The number of hydrogen-bond acceptors (Lipinski definition) is 4. The number of hydrogen-bond donors (Lipinski definition) is 1. The van der Waals surface area contributed by atoms with E-state index in [1.54, 1.807) is 0 Å². The van der Waals surface area contributed by atoms with Gasteiger partial charge in [-0.15, -0.1) is 0 Å². The van der Waals surface area contributed by atoms with Gasteiger partial charge in [0, 0.05) is 37.8 Å². The lowest BCUT2D eigenvalue weighted by Gasteiger charge is -2.27. The number of imidazole rings is 1. The van der Waals surface area contributed by atoms with Gasteiger partial charge in [0.25, 0.3) is 5.56 Å². The average Bonchev–Trinajstić information content (AvgIpc) is 3.03. The van der Waals surface area contributed by atoms with Crippen LogP contribution in [-0.2, 0) is 19.5 Å². The first kappa shape index (κ1) is 17.8. The number of pyridine rings is 1. The molecular weight excluding hydrogens is 362 g/mol. The zero-order valence-corrected chi connectivity index (χ0v) is 16.6. The van der Waals surface area contributed by atoms with Crippen molar-refractivity contribution in [1.82, 2.24) is 24.3 Å². The topological polar surface area (TPSA) is 66.3 Å². The van der Waals surface area contributed by atoms with E-state index >= 15 is 0 Å². The van der Waals surface area contributed by atoms with Crippen molar-refractivity contribution in [2.45, 2.75) is 33.4 Å². The van der Waals surface area contributed by atoms with E-state index in [0.717, 1.165) is 47.7 Å². The highest BCUT2D eigenvalue weighted by Crippen LogP contribution is 2.21. The van der Waals surface area contributed by atoms with Crippen LogP contribution in [0.15, 0.2) is 53.5 Å². The van der Waals surface area contributed by atoms with E-state index in [1.165, 1.54) is 11.3 Å². The highest BCUT2D eigenvalue weighted by atomic mass is 16.1. The Morgan fingerprint density at radius 3 is 2.72 bits per heavy atom. The quantitative estimate of drug-likeness (QED) is 0.588. The zero-order chi connectivity index (χ0) is 20.0. The Morgan fingerprint density at radius 1 is 1.07 bits per heavy atom. The molecule has 0 radical (unpaired) electrons. The second-order valence-electron chi connectivity index (χ2n) is 7.75. The lowest BCUT2D eigenvalue weighted by atomic mass is 10.1. The minimum Gasteiger partial charge on any atom is -0.306 e. The summed E-state index contributed by atoms with van der Waals surface area (Å²) in [7, 11) is 0. The number of fused-ring (bicyclic) bond motifs is 2. The summed E-state index contributed by atoms with van der Waals surface area (Å²) in [6.07, 6.45) is 2.90. The zero-order valence-electron chi connectivity index (χ0n) is 16.6. The molecule has 4 aromatic rings. The Kier molecular flexibility index (Phi) is 4.28. The van der Waals surface area contributed by atoms with E-state index in [-0.39, 0.29) is 5.56 Å². The van der Waals surface area contributed by atoms with Crippen LogP contribution in [0.25, 0.3) is 17.0 Å². The van der Waals surface area contributed by atoms with Crippen molar-refractivity contribution in [3.05, 3.63) is 87.2 Å². The van der Waals surface area contributed by atoms with Crippen LogP contribution in [0.4, 0.5) is 0 Å². The van der Waals surface area contributed by atoms with Crippen molar-refractivity contribution in [3.63, 3.8) is 0 Å². The molecule has 0 atom stereocenters. The van der Waals surface area contributed by atoms with Crippen molar-refractivity contribution in [2.75, 3.05) is 6.54 Å². The number of nitrogens with one attached hydrogen (secondary N) is 1. The van der Waals surface area contributed by atoms with Crippen LogP contribution in [-0.4, -0.2) is 30.8 Å². The molecule has 0 aliphatic carbocycles. The third-order valence-electron chi connectivity index (χ3n) is 5.63. The van der Waals surface area contributed by atoms with Crippen LogP contribution in [0.5, 0.6) is 0 Å². The Bertz CT molecular complexity index is 1260.